The summed E-state index contributed by atoms with van der Waals surface area (Å²) in [7, 11) is 0. The first-order chi connectivity index (χ1) is 8.60. The average molecular weight is 252 g/mol. The number of amides is 1. The molecule has 102 valence electrons. The van der Waals surface area contributed by atoms with Gasteiger partial charge >= 0.3 is 0 Å². The van der Waals surface area contributed by atoms with E-state index in [0.717, 1.165) is 45.5 Å². The van der Waals surface area contributed by atoms with Gasteiger partial charge in [0.2, 0.25) is 0 Å². The lowest BCUT2D eigenvalue weighted by Crippen LogP contribution is -2.52. The Labute approximate surface area is 109 Å². The molecule has 0 aromatic carbocycles. The Hall–Kier alpha value is -0.610. The molecule has 0 aromatic rings. The topological polar surface area (TPSA) is 41.6 Å². The van der Waals surface area contributed by atoms with Crippen molar-refractivity contribution in [3.05, 3.63) is 0 Å². The minimum absolute atomic E-state index is 0.0218. The number of carbonyl (C=O) groups excluding carboxylic acids is 1. The Kier molecular flexibility index (Phi) is 3.10. The molecule has 1 N–H and O–H groups in total. The zero-order valence-corrected chi connectivity index (χ0v) is 11.4. The van der Waals surface area contributed by atoms with Crippen molar-refractivity contribution >= 4 is 5.91 Å². The van der Waals surface area contributed by atoms with Crippen LogP contribution in [0.15, 0.2) is 0 Å². The highest BCUT2D eigenvalue weighted by Gasteiger charge is 2.52. The van der Waals surface area contributed by atoms with Crippen LogP contribution in [0.4, 0.5) is 0 Å². The van der Waals surface area contributed by atoms with Gasteiger partial charge in [-0.1, -0.05) is 0 Å². The van der Waals surface area contributed by atoms with Gasteiger partial charge in [0, 0.05) is 31.8 Å². The minimum atomic E-state index is -0.176. The van der Waals surface area contributed by atoms with E-state index in [0.29, 0.717) is 11.8 Å². The van der Waals surface area contributed by atoms with Crippen molar-refractivity contribution in [1.29, 1.82) is 0 Å². The number of nitrogens with one attached hydrogen (secondary N) is 1. The Bertz CT molecular complexity index is 337. The predicted molar refractivity (Wildman–Crippen MR) is 69.2 cm³/mol. The van der Waals surface area contributed by atoms with Gasteiger partial charge in [-0.15, -0.1) is 0 Å². The number of rotatable bonds is 1. The van der Waals surface area contributed by atoms with E-state index >= 15 is 0 Å². The van der Waals surface area contributed by atoms with E-state index in [9.17, 15) is 4.79 Å². The SMILES string of the molecule is CC1(C)C2CNCC2CN1C(=O)C1CCCCO1. The van der Waals surface area contributed by atoms with Gasteiger partial charge in [-0.2, -0.15) is 0 Å². The Morgan fingerprint density at radius 2 is 2.17 bits per heavy atom. The van der Waals surface area contributed by atoms with Crippen LogP contribution in [0.3, 0.4) is 0 Å². The number of likely N-dealkylation sites (tertiary alicyclic amines) is 1. The highest BCUT2D eigenvalue weighted by Crippen LogP contribution is 2.41. The van der Waals surface area contributed by atoms with Crippen molar-refractivity contribution in [3.8, 4) is 0 Å². The molecule has 0 saturated carbocycles. The molecule has 0 aromatic heterocycles. The van der Waals surface area contributed by atoms with Gasteiger partial charge in [0.05, 0.1) is 0 Å². The van der Waals surface area contributed by atoms with Crippen LogP contribution in [-0.2, 0) is 9.53 Å². The standard InChI is InChI=1S/C14H24N2O2/c1-14(2)11-8-15-7-10(11)9-16(14)13(17)12-5-3-4-6-18-12/h10-12,15H,3-9H2,1-2H3. The zero-order valence-electron chi connectivity index (χ0n) is 11.4. The molecule has 3 rings (SSSR count). The molecule has 4 nitrogen and oxygen atoms in total. The zero-order chi connectivity index (χ0) is 12.8. The van der Waals surface area contributed by atoms with Crippen LogP contribution >= 0.6 is 0 Å². The van der Waals surface area contributed by atoms with Crippen LogP contribution in [-0.4, -0.2) is 48.7 Å². The van der Waals surface area contributed by atoms with Crippen molar-refractivity contribution in [3.63, 3.8) is 0 Å². The summed E-state index contributed by atoms with van der Waals surface area (Å²) in [4.78, 5) is 14.7. The number of fused-ring (bicyclic) bond motifs is 1. The lowest BCUT2D eigenvalue weighted by molar-refractivity contribution is -0.150. The largest absolute Gasteiger partial charge is 0.368 e. The van der Waals surface area contributed by atoms with Crippen molar-refractivity contribution in [2.75, 3.05) is 26.2 Å². The summed E-state index contributed by atoms with van der Waals surface area (Å²) in [6, 6.07) is 0. The molecular formula is C14H24N2O2. The van der Waals surface area contributed by atoms with E-state index in [2.05, 4.69) is 24.1 Å². The number of hydrogen-bond donors (Lipinski definition) is 1. The van der Waals surface area contributed by atoms with E-state index in [1.807, 2.05) is 0 Å². The van der Waals surface area contributed by atoms with Crippen LogP contribution in [0.1, 0.15) is 33.1 Å². The highest BCUT2D eigenvalue weighted by molar-refractivity contribution is 5.82. The molecule has 4 heteroatoms. The maximum atomic E-state index is 12.6. The molecule has 18 heavy (non-hydrogen) atoms. The highest BCUT2D eigenvalue weighted by atomic mass is 16.5. The van der Waals surface area contributed by atoms with Crippen LogP contribution in [0, 0.1) is 11.8 Å². The molecule has 0 spiro atoms. The monoisotopic (exact) mass is 252 g/mol. The molecule has 3 heterocycles. The summed E-state index contributed by atoms with van der Waals surface area (Å²) in [5, 5.41) is 3.45. The lowest BCUT2D eigenvalue weighted by atomic mass is 9.84. The third-order valence-electron chi connectivity index (χ3n) is 5.08. The fraction of sp³-hybridized carbons (Fsp3) is 0.929. The number of ether oxygens (including phenoxy) is 1. The second-order valence-corrected chi connectivity index (χ2v) is 6.48. The first-order valence-electron chi connectivity index (χ1n) is 7.24. The van der Waals surface area contributed by atoms with E-state index in [1.54, 1.807) is 0 Å². The molecular weight excluding hydrogens is 228 g/mol. The summed E-state index contributed by atoms with van der Waals surface area (Å²) in [6.45, 7) is 8.19. The second kappa shape index (κ2) is 4.49. The van der Waals surface area contributed by atoms with Gasteiger partial charge in [0.25, 0.3) is 5.91 Å². The fourth-order valence-electron chi connectivity index (χ4n) is 3.90. The average Bonchev–Trinajstić information content (AvgIpc) is 2.92. The van der Waals surface area contributed by atoms with Crippen LogP contribution in [0.2, 0.25) is 0 Å². The van der Waals surface area contributed by atoms with Crippen molar-refractivity contribution in [2.24, 2.45) is 11.8 Å². The molecule has 3 unspecified atom stereocenters. The molecule has 3 atom stereocenters. The number of hydrogen-bond acceptors (Lipinski definition) is 3. The first kappa shape index (κ1) is 12.4. The van der Waals surface area contributed by atoms with Crippen LogP contribution in [0.25, 0.3) is 0 Å². The maximum absolute atomic E-state index is 12.6. The summed E-state index contributed by atoms with van der Waals surface area (Å²) in [5.41, 5.74) is -0.0218. The lowest BCUT2D eigenvalue weighted by Gasteiger charge is -2.38. The summed E-state index contributed by atoms with van der Waals surface area (Å²) >= 11 is 0. The smallest absolute Gasteiger partial charge is 0.252 e. The summed E-state index contributed by atoms with van der Waals surface area (Å²) in [6.07, 6.45) is 2.95. The molecule has 3 aliphatic heterocycles. The Morgan fingerprint density at radius 3 is 2.83 bits per heavy atom. The molecule has 0 radical (unpaired) electrons. The van der Waals surface area contributed by atoms with Gasteiger partial charge in [0.1, 0.15) is 6.10 Å². The third kappa shape index (κ3) is 1.86. The normalized spacial score (nSPS) is 38.8. The first-order valence-corrected chi connectivity index (χ1v) is 7.24. The van der Waals surface area contributed by atoms with E-state index in [-0.39, 0.29) is 17.6 Å². The van der Waals surface area contributed by atoms with E-state index in [4.69, 9.17) is 4.74 Å². The van der Waals surface area contributed by atoms with Gasteiger partial charge in [-0.3, -0.25) is 4.79 Å². The Balaban J connectivity index is 1.74. The fourth-order valence-corrected chi connectivity index (χ4v) is 3.90. The van der Waals surface area contributed by atoms with Gasteiger partial charge in [-0.25, -0.2) is 0 Å². The number of nitrogens with zero attached hydrogens (tertiary/aromatic N) is 1. The summed E-state index contributed by atoms with van der Waals surface area (Å²) in [5.74, 6) is 1.46. The summed E-state index contributed by atoms with van der Waals surface area (Å²) < 4.78 is 5.66. The van der Waals surface area contributed by atoms with E-state index < -0.39 is 0 Å². The van der Waals surface area contributed by atoms with Gasteiger partial charge in [0.15, 0.2) is 0 Å². The molecule has 3 fully saturated rings. The Morgan fingerprint density at radius 1 is 1.33 bits per heavy atom. The molecule has 3 aliphatic rings. The van der Waals surface area contributed by atoms with Crippen LogP contribution in [0.5, 0.6) is 0 Å². The van der Waals surface area contributed by atoms with Crippen LogP contribution < -0.4 is 5.32 Å². The maximum Gasteiger partial charge on any atom is 0.252 e. The quantitative estimate of drug-likeness (QED) is 0.757. The number of carbonyl (C=O) groups is 1. The molecule has 0 bridgehead atoms. The van der Waals surface area contributed by atoms with Gasteiger partial charge < -0.3 is 15.0 Å². The van der Waals surface area contributed by atoms with Crippen molar-refractivity contribution < 1.29 is 9.53 Å². The molecule has 3 saturated heterocycles. The third-order valence-corrected chi connectivity index (χ3v) is 5.08. The molecule has 0 aliphatic carbocycles. The minimum Gasteiger partial charge on any atom is -0.368 e. The van der Waals surface area contributed by atoms with E-state index in [1.165, 1.54) is 0 Å². The van der Waals surface area contributed by atoms with Gasteiger partial charge in [-0.05, 0) is 44.9 Å². The van der Waals surface area contributed by atoms with Crippen molar-refractivity contribution in [1.82, 2.24) is 10.2 Å². The second-order valence-electron chi connectivity index (χ2n) is 6.48. The molecule has 1 amide bonds. The van der Waals surface area contributed by atoms with Crippen molar-refractivity contribution in [2.45, 2.75) is 44.8 Å². The predicted octanol–water partition coefficient (Wildman–Crippen LogP) is 1.01.